The molecule has 2 N–H and O–H groups in total. The summed E-state index contributed by atoms with van der Waals surface area (Å²) < 4.78 is 30.4. The molecular weight excluding hydrogens is 365 g/mol. The van der Waals surface area contributed by atoms with Crippen molar-refractivity contribution >= 4 is 17.3 Å². The molecule has 0 saturated carbocycles. The molecule has 1 amide bonds. The van der Waals surface area contributed by atoms with Crippen molar-refractivity contribution in [2.24, 2.45) is 0 Å². The van der Waals surface area contributed by atoms with E-state index in [1.807, 2.05) is 13.1 Å². The third-order valence-corrected chi connectivity index (χ3v) is 4.33. The van der Waals surface area contributed by atoms with Crippen LogP contribution in [0.1, 0.15) is 18.4 Å². The molecule has 0 radical (unpaired) electrons. The number of H-pyrrole nitrogens is 1. The summed E-state index contributed by atoms with van der Waals surface area (Å²) in [6.07, 6.45) is 4.04. The lowest BCUT2D eigenvalue weighted by molar-refractivity contribution is -0.109. The first-order valence-corrected chi connectivity index (χ1v) is 8.85. The van der Waals surface area contributed by atoms with Crippen LogP contribution in [0, 0.1) is 5.82 Å². The summed E-state index contributed by atoms with van der Waals surface area (Å²) in [6.45, 7) is 2.90. The van der Waals surface area contributed by atoms with Crippen LogP contribution in [0.25, 0.3) is 10.9 Å². The van der Waals surface area contributed by atoms with Crippen LogP contribution in [0.3, 0.4) is 0 Å². The van der Waals surface area contributed by atoms with Gasteiger partial charge in [-0.3, -0.25) is 4.79 Å². The number of nitrogens with one attached hydrogen (secondary N) is 2. The molecule has 0 fully saturated rings. The number of amides is 1. The molecule has 0 saturated heterocycles. The van der Waals surface area contributed by atoms with Crippen LogP contribution in [-0.4, -0.2) is 43.2 Å². The number of carbonyl (C=O) groups excluding carboxylic acids is 1. The molecule has 3 aromatic rings. The number of nitrogens with zero attached hydrogens (tertiary/aromatic N) is 1. The number of rotatable bonds is 10. The van der Waals surface area contributed by atoms with E-state index in [4.69, 9.17) is 14.2 Å². The van der Waals surface area contributed by atoms with E-state index in [1.165, 1.54) is 13.2 Å². The number of methoxy groups -OCH3 is 1. The van der Waals surface area contributed by atoms with Gasteiger partial charge in [-0.15, -0.1) is 0 Å². The summed E-state index contributed by atoms with van der Waals surface area (Å²) in [5.41, 5.74) is 1.66. The molecule has 7 nitrogen and oxygen atoms in total. The van der Waals surface area contributed by atoms with Crippen LogP contribution in [0.15, 0.2) is 36.7 Å². The van der Waals surface area contributed by atoms with E-state index in [9.17, 15) is 9.18 Å². The van der Waals surface area contributed by atoms with E-state index in [0.717, 1.165) is 10.9 Å². The highest BCUT2D eigenvalue weighted by Crippen LogP contribution is 2.30. The van der Waals surface area contributed by atoms with Crippen molar-refractivity contribution in [1.29, 1.82) is 0 Å². The minimum absolute atomic E-state index is 0.0724. The Morgan fingerprint density at radius 3 is 2.82 bits per heavy atom. The highest BCUT2D eigenvalue weighted by Gasteiger charge is 2.15. The van der Waals surface area contributed by atoms with Gasteiger partial charge in [-0.25, -0.2) is 9.37 Å². The zero-order valence-corrected chi connectivity index (χ0v) is 15.7. The van der Waals surface area contributed by atoms with Crippen molar-refractivity contribution in [2.45, 2.75) is 12.8 Å². The number of pyridine rings is 1. The quantitative estimate of drug-likeness (QED) is 0.413. The molecule has 2 aromatic heterocycles. The lowest BCUT2D eigenvalue weighted by atomic mass is 10.0. The van der Waals surface area contributed by atoms with Crippen LogP contribution in [0.4, 0.5) is 4.39 Å². The normalized spacial score (nSPS) is 11.8. The van der Waals surface area contributed by atoms with E-state index in [-0.39, 0.29) is 24.9 Å². The lowest BCUT2D eigenvalue weighted by Crippen LogP contribution is -2.17. The number of aromatic amines is 1. The first-order chi connectivity index (χ1) is 13.6. The van der Waals surface area contributed by atoms with Crippen molar-refractivity contribution in [3.63, 3.8) is 0 Å². The maximum atomic E-state index is 14.3. The third kappa shape index (κ3) is 4.51. The largest absolute Gasteiger partial charge is 0.488 e. The van der Waals surface area contributed by atoms with Gasteiger partial charge in [0.05, 0.1) is 13.3 Å². The van der Waals surface area contributed by atoms with Gasteiger partial charge in [-0.1, -0.05) is 6.92 Å². The van der Waals surface area contributed by atoms with Crippen molar-refractivity contribution in [3.05, 3.63) is 48.0 Å². The van der Waals surface area contributed by atoms with E-state index in [2.05, 4.69) is 15.3 Å². The molecule has 2 heterocycles. The maximum Gasteiger partial charge on any atom is 0.213 e. The van der Waals surface area contributed by atoms with Gasteiger partial charge in [0.2, 0.25) is 12.3 Å². The Kier molecular flexibility index (Phi) is 6.31. The predicted molar refractivity (Wildman–Crippen MR) is 103 cm³/mol. The smallest absolute Gasteiger partial charge is 0.213 e. The number of fused-ring (bicyclic) bond motifs is 1. The molecule has 0 spiro atoms. The fourth-order valence-electron chi connectivity index (χ4n) is 2.88. The van der Waals surface area contributed by atoms with Crippen LogP contribution < -0.4 is 19.5 Å². The van der Waals surface area contributed by atoms with Crippen molar-refractivity contribution < 1.29 is 23.4 Å². The minimum Gasteiger partial charge on any atom is -0.488 e. The summed E-state index contributed by atoms with van der Waals surface area (Å²) in [5.74, 6) is 0.845. The molecule has 8 heteroatoms. The van der Waals surface area contributed by atoms with E-state index in [0.29, 0.717) is 30.1 Å². The van der Waals surface area contributed by atoms with Gasteiger partial charge in [0.15, 0.2) is 11.6 Å². The molecule has 0 bridgehead atoms. The molecule has 28 heavy (non-hydrogen) atoms. The number of aromatic nitrogens is 2. The zero-order valence-electron chi connectivity index (χ0n) is 15.7. The van der Waals surface area contributed by atoms with Gasteiger partial charge < -0.3 is 24.5 Å². The predicted octanol–water partition coefficient (Wildman–Crippen LogP) is 3.02. The molecule has 0 aliphatic carbocycles. The number of halogens is 1. The number of carbonyl (C=O) groups is 1. The fraction of sp³-hybridized carbons (Fsp3) is 0.300. The van der Waals surface area contributed by atoms with Gasteiger partial charge in [-0.05, 0) is 17.7 Å². The van der Waals surface area contributed by atoms with Gasteiger partial charge in [0.1, 0.15) is 19.0 Å². The number of ether oxygens (including phenoxy) is 3. The van der Waals surface area contributed by atoms with Gasteiger partial charge in [0, 0.05) is 41.7 Å². The molecule has 3 rings (SSSR count). The summed E-state index contributed by atoms with van der Waals surface area (Å²) in [5, 5.41) is 3.52. The maximum absolute atomic E-state index is 14.3. The molecule has 148 valence electrons. The average molecular weight is 387 g/mol. The second kappa shape index (κ2) is 9.07. The molecule has 0 aliphatic heterocycles. The Labute approximate surface area is 161 Å². The van der Waals surface area contributed by atoms with Crippen LogP contribution in [-0.2, 0) is 4.79 Å². The first-order valence-electron chi connectivity index (χ1n) is 8.85. The highest BCUT2D eigenvalue weighted by molar-refractivity contribution is 5.85. The Hall–Kier alpha value is -3.29. The fourth-order valence-corrected chi connectivity index (χ4v) is 2.88. The first kappa shape index (κ1) is 19.5. The van der Waals surface area contributed by atoms with E-state index >= 15 is 0 Å². The summed E-state index contributed by atoms with van der Waals surface area (Å²) in [4.78, 5) is 17.6. The van der Waals surface area contributed by atoms with Crippen LogP contribution in [0.2, 0.25) is 0 Å². The van der Waals surface area contributed by atoms with Gasteiger partial charge >= 0.3 is 0 Å². The molecule has 1 aromatic carbocycles. The molecule has 1 atom stereocenters. The lowest BCUT2D eigenvalue weighted by Gasteiger charge is -2.12. The average Bonchev–Trinajstić information content (AvgIpc) is 3.12. The van der Waals surface area contributed by atoms with Crippen molar-refractivity contribution in [3.8, 4) is 17.4 Å². The minimum atomic E-state index is -0.453. The SMILES string of the molecule is COc1ccc(OCCOc2cc3c([C@@H](C)CNC=O)c[nH]c3cc2F)cn1. The van der Waals surface area contributed by atoms with Crippen molar-refractivity contribution in [1.82, 2.24) is 15.3 Å². The monoisotopic (exact) mass is 387 g/mol. The van der Waals surface area contributed by atoms with Crippen LogP contribution in [0.5, 0.6) is 17.4 Å². The zero-order chi connectivity index (χ0) is 19.9. The Morgan fingerprint density at radius 2 is 2.11 bits per heavy atom. The van der Waals surface area contributed by atoms with Gasteiger partial charge in [0.25, 0.3) is 0 Å². The van der Waals surface area contributed by atoms with Gasteiger partial charge in [-0.2, -0.15) is 0 Å². The van der Waals surface area contributed by atoms with E-state index < -0.39 is 5.82 Å². The summed E-state index contributed by atoms with van der Waals surface area (Å²) in [6, 6.07) is 6.50. The molecular formula is C20H22FN3O4. The number of hydrogen-bond donors (Lipinski definition) is 2. The highest BCUT2D eigenvalue weighted by atomic mass is 19.1. The number of benzene rings is 1. The van der Waals surface area contributed by atoms with E-state index in [1.54, 1.807) is 24.4 Å². The number of hydrogen-bond acceptors (Lipinski definition) is 5. The Bertz CT molecular complexity index is 927. The topological polar surface area (TPSA) is 85.5 Å². The summed E-state index contributed by atoms with van der Waals surface area (Å²) >= 11 is 0. The Morgan fingerprint density at radius 1 is 1.29 bits per heavy atom. The standard InChI is InChI=1S/C20H22FN3O4/c1-13(9-22-12-25)16-11-23-18-8-17(21)19(7-15(16)18)28-6-5-27-14-3-4-20(26-2)24-10-14/h3-4,7-8,10-13,23H,5-6,9H2,1-2H3,(H,22,25)/t13-/m0/s1. The molecule has 0 aliphatic rings. The molecule has 0 unspecified atom stereocenters. The van der Waals surface area contributed by atoms with Crippen molar-refractivity contribution in [2.75, 3.05) is 26.9 Å². The second-order valence-electron chi connectivity index (χ2n) is 6.23. The van der Waals surface area contributed by atoms with Crippen LogP contribution >= 0.6 is 0 Å². The Balaban J connectivity index is 1.63. The second-order valence-corrected chi connectivity index (χ2v) is 6.23. The third-order valence-electron chi connectivity index (χ3n) is 4.33. The summed E-state index contributed by atoms with van der Waals surface area (Å²) in [7, 11) is 1.54.